The third-order valence-corrected chi connectivity index (χ3v) is 8.99. The van der Waals surface area contributed by atoms with Gasteiger partial charge in [0, 0.05) is 30.6 Å². The van der Waals surface area contributed by atoms with Gasteiger partial charge < -0.3 is 20.7 Å². The molecule has 0 spiro atoms. The van der Waals surface area contributed by atoms with Crippen LogP contribution >= 0.6 is 0 Å². The summed E-state index contributed by atoms with van der Waals surface area (Å²) in [5, 5.41) is 9.78. The average Bonchev–Trinajstić information content (AvgIpc) is 3.46. The number of amides is 1. The number of hydrogen-bond acceptors (Lipinski definition) is 9. The van der Waals surface area contributed by atoms with E-state index in [1.54, 1.807) is 50.1 Å². The van der Waals surface area contributed by atoms with Crippen molar-refractivity contribution in [2.75, 3.05) is 34.5 Å². The Morgan fingerprint density at radius 2 is 1.72 bits per heavy atom. The molecule has 3 aromatic carbocycles. The summed E-state index contributed by atoms with van der Waals surface area (Å²) < 4.78 is 34.5. The van der Waals surface area contributed by atoms with E-state index in [0.717, 1.165) is 16.8 Å². The molecule has 0 unspecified atom stereocenters. The summed E-state index contributed by atoms with van der Waals surface area (Å²) in [5.74, 6) is 1.98. The topological polar surface area (TPSA) is 138 Å². The number of hydrogen-bond donors (Lipinski definition) is 4. The largest absolute Gasteiger partial charge is 0.494 e. The van der Waals surface area contributed by atoms with Gasteiger partial charge in [-0.15, -0.1) is 0 Å². The molecule has 222 valence electrons. The van der Waals surface area contributed by atoms with Crippen LogP contribution in [-0.4, -0.2) is 44.0 Å². The molecule has 4 aromatic rings. The minimum absolute atomic E-state index is 0.0242. The number of methoxy groups -OCH3 is 1. The predicted octanol–water partition coefficient (Wildman–Crippen LogP) is 5.24. The monoisotopic (exact) mass is 599 g/mol. The van der Waals surface area contributed by atoms with Crippen molar-refractivity contribution < 1.29 is 17.9 Å². The fourth-order valence-electron chi connectivity index (χ4n) is 5.39. The number of nitrogens with zero attached hydrogens (tertiary/aromatic N) is 3. The molecule has 43 heavy (non-hydrogen) atoms. The van der Waals surface area contributed by atoms with Gasteiger partial charge >= 0.3 is 0 Å². The van der Waals surface area contributed by atoms with Crippen LogP contribution in [0, 0.1) is 0 Å². The number of rotatable bonds is 9. The fourth-order valence-corrected chi connectivity index (χ4v) is 6.81. The van der Waals surface area contributed by atoms with Crippen LogP contribution in [0.4, 0.5) is 40.3 Å². The first kappa shape index (κ1) is 28.4. The Bertz CT molecular complexity index is 1810. The zero-order chi connectivity index (χ0) is 30.1. The lowest BCUT2D eigenvalue weighted by molar-refractivity contribution is -0.118. The molecular formula is C31H33N7O4S. The molecule has 0 saturated carbocycles. The summed E-state index contributed by atoms with van der Waals surface area (Å²) in [4.78, 5) is 24.2. The van der Waals surface area contributed by atoms with E-state index in [0.29, 0.717) is 66.2 Å². The molecule has 2 aliphatic heterocycles. The lowest BCUT2D eigenvalue weighted by atomic mass is 10.0. The Balaban J connectivity index is 1.32. The van der Waals surface area contributed by atoms with Crippen LogP contribution in [0.25, 0.3) is 0 Å². The molecule has 1 amide bonds. The van der Waals surface area contributed by atoms with Gasteiger partial charge in [0.15, 0.2) is 0 Å². The fraction of sp³-hybridized carbons (Fsp3) is 0.258. The smallest absolute Gasteiger partial charge is 0.242 e. The Kier molecular flexibility index (Phi) is 7.63. The van der Waals surface area contributed by atoms with Crippen LogP contribution in [0.1, 0.15) is 31.4 Å². The second kappa shape index (κ2) is 11.5. The van der Waals surface area contributed by atoms with Crippen LogP contribution in [0.2, 0.25) is 0 Å². The summed E-state index contributed by atoms with van der Waals surface area (Å²) in [5.41, 5.74) is 4.57. The number of nitrogens with one attached hydrogen (secondary N) is 4. The lowest BCUT2D eigenvalue weighted by Crippen LogP contribution is -2.30. The Morgan fingerprint density at radius 3 is 2.53 bits per heavy atom. The second-order valence-corrected chi connectivity index (χ2v) is 12.3. The molecule has 0 radical (unpaired) electrons. The van der Waals surface area contributed by atoms with Crippen molar-refractivity contribution in [3.05, 3.63) is 77.9 Å². The molecule has 0 bridgehead atoms. The van der Waals surface area contributed by atoms with Gasteiger partial charge in [-0.2, -0.15) is 9.97 Å². The highest BCUT2D eigenvalue weighted by Crippen LogP contribution is 2.39. The summed E-state index contributed by atoms with van der Waals surface area (Å²) in [6.07, 6.45) is 1.83. The number of benzene rings is 3. The minimum Gasteiger partial charge on any atom is -0.494 e. The van der Waals surface area contributed by atoms with Crippen molar-refractivity contribution in [3.8, 4) is 5.75 Å². The molecule has 0 aliphatic carbocycles. The first-order valence-electron chi connectivity index (χ1n) is 14.1. The van der Waals surface area contributed by atoms with Gasteiger partial charge in [0.1, 0.15) is 22.3 Å². The number of anilines is 7. The van der Waals surface area contributed by atoms with Crippen LogP contribution in [0.15, 0.2) is 71.6 Å². The zero-order valence-electron chi connectivity index (χ0n) is 24.1. The van der Waals surface area contributed by atoms with E-state index in [4.69, 9.17) is 9.72 Å². The Hall–Kier alpha value is -4.68. The predicted molar refractivity (Wildman–Crippen MR) is 168 cm³/mol. The number of sulfonamides is 1. The minimum atomic E-state index is -3.76. The van der Waals surface area contributed by atoms with Crippen molar-refractivity contribution in [2.45, 2.75) is 44.0 Å². The summed E-state index contributed by atoms with van der Waals surface area (Å²) >= 11 is 0. The number of carbonyl (C=O) groups excluding carboxylic acids is 1. The molecule has 6 rings (SSSR count). The zero-order valence-corrected chi connectivity index (χ0v) is 25.0. The third kappa shape index (κ3) is 5.71. The van der Waals surface area contributed by atoms with Gasteiger partial charge in [0.2, 0.25) is 21.9 Å². The van der Waals surface area contributed by atoms with Gasteiger partial charge in [0.25, 0.3) is 0 Å². The van der Waals surface area contributed by atoms with E-state index in [9.17, 15) is 13.2 Å². The number of aromatic nitrogens is 2. The molecule has 12 heteroatoms. The van der Waals surface area contributed by atoms with E-state index < -0.39 is 10.0 Å². The van der Waals surface area contributed by atoms with Crippen molar-refractivity contribution in [3.63, 3.8) is 0 Å². The van der Waals surface area contributed by atoms with Gasteiger partial charge in [-0.1, -0.05) is 30.3 Å². The Morgan fingerprint density at radius 1 is 0.930 bits per heavy atom. The highest BCUT2D eigenvalue weighted by Gasteiger charge is 2.27. The van der Waals surface area contributed by atoms with Gasteiger partial charge in [-0.25, -0.2) is 13.1 Å². The van der Waals surface area contributed by atoms with Crippen molar-refractivity contribution >= 4 is 56.3 Å². The van der Waals surface area contributed by atoms with Gasteiger partial charge in [0.05, 0.1) is 29.9 Å². The van der Waals surface area contributed by atoms with Crippen molar-refractivity contribution in [2.24, 2.45) is 0 Å². The first-order chi connectivity index (χ1) is 20.7. The second-order valence-electron chi connectivity index (χ2n) is 10.7. The quantitative estimate of drug-likeness (QED) is 0.204. The van der Waals surface area contributed by atoms with Gasteiger partial charge in [-0.05, 0) is 62.6 Å². The van der Waals surface area contributed by atoms with Crippen molar-refractivity contribution in [1.29, 1.82) is 0 Å². The number of para-hydroxylation sites is 2. The lowest BCUT2D eigenvalue weighted by Gasteiger charge is -2.30. The molecule has 2 aliphatic rings. The van der Waals surface area contributed by atoms with Crippen LogP contribution in [0.5, 0.6) is 5.75 Å². The average molecular weight is 600 g/mol. The summed E-state index contributed by atoms with van der Waals surface area (Å²) in [6.45, 7) is 4.23. The first-order valence-corrected chi connectivity index (χ1v) is 15.6. The van der Waals surface area contributed by atoms with E-state index in [2.05, 4.69) is 25.7 Å². The van der Waals surface area contributed by atoms with E-state index in [1.165, 1.54) is 0 Å². The van der Waals surface area contributed by atoms with Gasteiger partial charge in [-0.3, -0.25) is 9.69 Å². The third-order valence-electron chi connectivity index (χ3n) is 7.27. The molecule has 4 N–H and O–H groups in total. The van der Waals surface area contributed by atoms with Crippen LogP contribution < -0.4 is 30.3 Å². The maximum Gasteiger partial charge on any atom is 0.242 e. The molecular weight excluding hydrogens is 566 g/mol. The number of fused-ring (bicyclic) bond motifs is 2. The molecule has 0 atom stereocenters. The standard InChI is InChI=1S/C31H33N7O4S/c1-19(2)37-43(40,41)27-11-7-5-9-24(27)33-30-22-16-17-32-29(22)35-31(36-30)34-23-14-13-21(18-26(23)42-3)38-25-10-6-4-8-20(25)12-15-28(38)39/h4-11,13-14,18-19,37H,12,15-17H2,1-3H3,(H3,32,33,34,35,36). The highest BCUT2D eigenvalue weighted by molar-refractivity contribution is 7.89. The number of aryl methyl sites for hydroxylation is 1. The molecule has 0 saturated heterocycles. The Labute approximate surface area is 250 Å². The number of carbonyl (C=O) groups is 1. The number of ether oxygens (including phenoxy) is 1. The van der Waals surface area contributed by atoms with E-state index in [1.807, 2.05) is 42.5 Å². The molecule has 3 heterocycles. The van der Waals surface area contributed by atoms with E-state index >= 15 is 0 Å². The summed E-state index contributed by atoms with van der Waals surface area (Å²) in [6, 6.07) is 19.9. The van der Waals surface area contributed by atoms with E-state index in [-0.39, 0.29) is 16.8 Å². The summed E-state index contributed by atoms with van der Waals surface area (Å²) in [7, 11) is -2.19. The van der Waals surface area contributed by atoms with Crippen LogP contribution in [-0.2, 0) is 27.7 Å². The molecule has 0 fully saturated rings. The normalized spacial score (nSPS) is 14.2. The maximum absolute atomic E-state index is 13.0. The molecule has 1 aromatic heterocycles. The maximum atomic E-state index is 13.0. The van der Waals surface area contributed by atoms with Crippen molar-refractivity contribution in [1.82, 2.24) is 14.7 Å². The SMILES string of the molecule is COc1cc(N2C(=O)CCc3ccccc32)ccc1Nc1nc2c(c(Nc3ccccc3S(=O)(=O)NC(C)C)n1)CCN2. The molecule has 11 nitrogen and oxygen atoms in total. The highest BCUT2D eigenvalue weighted by atomic mass is 32.2. The van der Waals surface area contributed by atoms with Crippen LogP contribution in [0.3, 0.4) is 0 Å².